The summed E-state index contributed by atoms with van der Waals surface area (Å²) >= 11 is 13.2. The van der Waals surface area contributed by atoms with Crippen LogP contribution in [0.15, 0.2) is 152 Å². The SMILES string of the molecule is Cc1ccc(-c2c(C)ccc3cc(CC(c4ccc(C)cc4)C(C)C)[cH-]c23)cc1.Clc1ccc(C[C](=[Zr+2])Cc2ccc(Cl)cc2)cc1.[Cl-].[Cl-].c1cc[cH-]c1. The number of halogens is 4. The predicted octanol–water partition coefficient (Wildman–Crippen LogP) is 8.04. The molecule has 0 aliphatic carbocycles. The van der Waals surface area contributed by atoms with Crippen LogP contribution in [0.5, 0.6) is 0 Å². The molecule has 7 aromatic carbocycles. The molecule has 5 heteroatoms. The van der Waals surface area contributed by atoms with E-state index in [-0.39, 0.29) is 24.8 Å². The second-order valence-corrected chi connectivity index (χ2v) is 16.7. The maximum Gasteiger partial charge on any atom is -0.172 e. The molecule has 1 unspecified atom stereocenters. The number of benzene rings is 5. The molecule has 0 amide bonds. The Kier molecular flexibility index (Phi) is 18.9. The second-order valence-electron chi connectivity index (χ2n) is 14.1. The van der Waals surface area contributed by atoms with Crippen LogP contribution < -0.4 is 24.8 Å². The Morgan fingerprint density at radius 1 is 0.648 bits per heavy atom. The van der Waals surface area contributed by atoms with E-state index in [1.807, 2.05) is 54.6 Å². The minimum atomic E-state index is 0. The third-order valence-corrected chi connectivity index (χ3v) is 10.9. The van der Waals surface area contributed by atoms with Crippen molar-refractivity contribution in [2.45, 2.75) is 59.8 Å². The van der Waals surface area contributed by atoms with Crippen LogP contribution in [0.2, 0.25) is 10.0 Å². The van der Waals surface area contributed by atoms with Crippen molar-refractivity contribution in [1.29, 1.82) is 0 Å². The summed E-state index contributed by atoms with van der Waals surface area (Å²) in [6, 6.07) is 53.6. The zero-order valence-electron chi connectivity index (χ0n) is 31.7. The quantitative estimate of drug-likeness (QED) is 0.129. The van der Waals surface area contributed by atoms with Crippen molar-refractivity contribution in [3.05, 3.63) is 201 Å². The Morgan fingerprint density at radius 3 is 1.61 bits per heavy atom. The van der Waals surface area contributed by atoms with Crippen LogP contribution in [0.4, 0.5) is 0 Å². The van der Waals surface area contributed by atoms with Gasteiger partial charge in [0.25, 0.3) is 0 Å². The number of hydrogen-bond acceptors (Lipinski definition) is 0. The van der Waals surface area contributed by atoms with Gasteiger partial charge in [0.15, 0.2) is 0 Å². The van der Waals surface area contributed by atoms with E-state index in [2.05, 4.69) is 132 Å². The number of hydrogen-bond donors (Lipinski definition) is 0. The monoisotopic (exact) mass is 866 g/mol. The van der Waals surface area contributed by atoms with Crippen LogP contribution >= 0.6 is 23.2 Å². The molecule has 0 aliphatic heterocycles. The van der Waals surface area contributed by atoms with Crippen molar-refractivity contribution in [2.24, 2.45) is 5.92 Å². The van der Waals surface area contributed by atoms with Gasteiger partial charge in [-0.3, -0.25) is 0 Å². The molecule has 0 fully saturated rings. The van der Waals surface area contributed by atoms with Crippen molar-refractivity contribution in [2.75, 3.05) is 0 Å². The molecule has 7 rings (SSSR count). The van der Waals surface area contributed by atoms with Gasteiger partial charge in [-0.25, -0.2) is 12.1 Å². The number of aryl methyl sites for hydroxylation is 3. The van der Waals surface area contributed by atoms with Gasteiger partial charge in [0.2, 0.25) is 0 Å². The molecule has 0 saturated carbocycles. The maximum atomic E-state index is 5.88. The van der Waals surface area contributed by atoms with E-state index in [1.165, 1.54) is 88.3 Å². The molecule has 0 bridgehead atoms. The fourth-order valence-corrected chi connectivity index (χ4v) is 7.82. The van der Waals surface area contributed by atoms with E-state index in [9.17, 15) is 0 Å². The summed E-state index contributed by atoms with van der Waals surface area (Å²) in [5.41, 5.74) is 12.2. The van der Waals surface area contributed by atoms with Gasteiger partial charge in [0, 0.05) is 0 Å². The first kappa shape index (κ1) is 45.4. The first-order valence-electron chi connectivity index (χ1n) is 18.1. The summed E-state index contributed by atoms with van der Waals surface area (Å²) in [5.74, 6) is 1.14. The third-order valence-electron chi connectivity index (χ3n) is 9.48. The summed E-state index contributed by atoms with van der Waals surface area (Å²) in [5, 5.41) is 4.33. The largest absolute Gasteiger partial charge is 1.00 e. The topological polar surface area (TPSA) is 0 Å². The summed E-state index contributed by atoms with van der Waals surface area (Å²) < 4.78 is 1.52. The molecular weight excluding hydrogens is 822 g/mol. The fourth-order valence-electron chi connectivity index (χ4n) is 6.56. The van der Waals surface area contributed by atoms with Gasteiger partial charge < -0.3 is 24.8 Å². The molecule has 1 atom stereocenters. The molecule has 0 radical (unpaired) electrons. The Balaban J connectivity index is 0.000000267. The first-order chi connectivity index (χ1) is 25.0. The van der Waals surface area contributed by atoms with Crippen LogP contribution in [0, 0.1) is 26.7 Å². The molecule has 7 aromatic rings. The number of fused-ring (bicyclic) bond motifs is 1. The third kappa shape index (κ3) is 13.6. The van der Waals surface area contributed by atoms with Gasteiger partial charge >= 0.3 is 133 Å². The van der Waals surface area contributed by atoms with Crippen molar-refractivity contribution >= 4 is 37.2 Å². The van der Waals surface area contributed by atoms with Gasteiger partial charge in [-0.1, -0.05) is 96.3 Å². The molecule has 0 aromatic heterocycles. The minimum absolute atomic E-state index is 0. The van der Waals surface area contributed by atoms with E-state index in [0.29, 0.717) is 11.8 Å². The normalized spacial score (nSPS) is 11.0. The van der Waals surface area contributed by atoms with Crippen LogP contribution in [0.25, 0.3) is 21.9 Å². The molecule has 54 heavy (non-hydrogen) atoms. The minimum Gasteiger partial charge on any atom is -1.00 e. The van der Waals surface area contributed by atoms with E-state index in [0.717, 1.165) is 29.3 Å². The fraction of sp³-hybridized carbons (Fsp3) is 0.204. The van der Waals surface area contributed by atoms with Crippen LogP contribution in [0.1, 0.15) is 58.7 Å². The predicted molar refractivity (Wildman–Crippen MR) is 224 cm³/mol. The van der Waals surface area contributed by atoms with Crippen LogP contribution in [-0.4, -0.2) is 3.21 Å². The zero-order valence-corrected chi connectivity index (χ0v) is 37.2. The molecular formula is C49H48Cl4Zr-2. The average molecular weight is 870 g/mol. The molecule has 278 valence electrons. The van der Waals surface area contributed by atoms with Gasteiger partial charge in [-0.05, 0) is 44.6 Å². The molecule has 0 spiro atoms. The smallest absolute Gasteiger partial charge is 0.172 e. The van der Waals surface area contributed by atoms with Gasteiger partial charge in [-0.15, -0.1) is 28.5 Å². The summed E-state index contributed by atoms with van der Waals surface area (Å²) in [6.45, 7) is 11.2. The van der Waals surface area contributed by atoms with Crippen molar-refractivity contribution in [3.8, 4) is 11.1 Å². The van der Waals surface area contributed by atoms with E-state index < -0.39 is 0 Å². The summed E-state index contributed by atoms with van der Waals surface area (Å²) in [4.78, 5) is 0. The average Bonchev–Trinajstić information content (AvgIpc) is 3.85. The Labute approximate surface area is 360 Å². The summed E-state index contributed by atoms with van der Waals surface area (Å²) in [7, 11) is 0. The van der Waals surface area contributed by atoms with Crippen molar-refractivity contribution in [1.82, 2.24) is 0 Å². The van der Waals surface area contributed by atoms with Crippen molar-refractivity contribution in [3.63, 3.8) is 0 Å². The van der Waals surface area contributed by atoms with Gasteiger partial charge in [0.1, 0.15) is 0 Å². The van der Waals surface area contributed by atoms with Crippen LogP contribution in [-0.2, 0) is 43.5 Å². The van der Waals surface area contributed by atoms with Crippen LogP contribution in [0.3, 0.4) is 0 Å². The van der Waals surface area contributed by atoms with E-state index in [1.54, 1.807) is 0 Å². The van der Waals surface area contributed by atoms with Gasteiger partial charge in [0.05, 0.1) is 0 Å². The molecule has 0 heterocycles. The maximum absolute atomic E-state index is 5.88. The standard InChI is InChI=1S/C29H31.C15H12Cl2.C5H5.2ClH.Zr/c1-19(2)27(24-11-6-20(3)7-12-24)17-23-16-26-15-10-22(5)29(28(26)18-23)25-13-8-21(4)9-14-25;16-14-8-4-12(5-9-14)2-1-3-13-6-10-15(17)11-7-13;1-2-4-5-3-1;;;/h6-16,18-19,27H,17H2,1-5H3;4-11H,2-3H2;1-5H;2*1H;/q-1;;-1;;;+2/p-2. The molecule has 0 saturated heterocycles. The van der Waals surface area contributed by atoms with Gasteiger partial charge in [-0.2, -0.15) is 24.3 Å². The van der Waals surface area contributed by atoms with Crippen molar-refractivity contribution < 1.29 is 49.0 Å². The second kappa shape index (κ2) is 22.5. The number of rotatable bonds is 9. The Morgan fingerprint density at radius 2 is 1.15 bits per heavy atom. The molecule has 0 N–H and O–H groups in total. The summed E-state index contributed by atoms with van der Waals surface area (Å²) in [6.07, 6.45) is 3.14. The first-order valence-corrected chi connectivity index (χ1v) is 20.1. The zero-order chi connectivity index (χ0) is 37.0. The Bertz CT molecular complexity index is 2060. The van der Waals surface area contributed by atoms with E-state index >= 15 is 0 Å². The van der Waals surface area contributed by atoms with E-state index in [4.69, 9.17) is 23.2 Å². The molecule has 0 nitrogen and oxygen atoms in total. The molecule has 0 aliphatic rings. The Hall–Kier alpha value is -3.03.